The molecule has 72 valence electrons. The molecule has 0 aliphatic carbocycles. The fourth-order valence-electron chi connectivity index (χ4n) is 0.638. The minimum atomic E-state index is -0.159. The molecule has 0 spiro atoms. The molecule has 0 heterocycles. The standard InChI is InChI=1S/C9H19NO2/c1-4-6-7-10-12-9(11)8(3)5-2/h8,10H,4-7H2,1-3H3. The molecule has 0 aromatic rings. The minimum absolute atomic E-state index is 0.000809. The fraction of sp³-hybridized carbons (Fsp3) is 0.889. The molecular weight excluding hydrogens is 154 g/mol. The van der Waals surface area contributed by atoms with Crippen LogP contribution in [0.5, 0.6) is 0 Å². The molecule has 0 amide bonds. The second kappa shape index (κ2) is 7.10. The molecule has 0 saturated carbocycles. The van der Waals surface area contributed by atoms with Gasteiger partial charge in [-0.2, -0.15) is 5.48 Å². The van der Waals surface area contributed by atoms with Gasteiger partial charge in [-0.15, -0.1) is 0 Å². The zero-order valence-corrected chi connectivity index (χ0v) is 8.22. The van der Waals surface area contributed by atoms with Crippen LogP contribution in [0.2, 0.25) is 0 Å². The first-order chi connectivity index (χ1) is 5.72. The molecule has 0 saturated heterocycles. The molecule has 12 heavy (non-hydrogen) atoms. The predicted molar refractivity (Wildman–Crippen MR) is 48.5 cm³/mol. The van der Waals surface area contributed by atoms with Gasteiger partial charge in [0.2, 0.25) is 0 Å². The topological polar surface area (TPSA) is 38.3 Å². The van der Waals surface area contributed by atoms with Crippen molar-refractivity contribution in [2.24, 2.45) is 5.92 Å². The molecule has 0 fully saturated rings. The van der Waals surface area contributed by atoms with Gasteiger partial charge in [0.25, 0.3) is 0 Å². The third kappa shape index (κ3) is 5.13. The van der Waals surface area contributed by atoms with Gasteiger partial charge in [-0.1, -0.05) is 27.2 Å². The van der Waals surface area contributed by atoms with Crippen molar-refractivity contribution in [2.45, 2.75) is 40.0 Å². The highest BCUT2D eigenvalue weighted by Gasteiger charge is 2.11. The highest BCUT2D eigenvalue weighted by atomic mass is 16.7. The molecule has 0 radical (unpaired) electrons. The second-order valence-electron chi connectivity index (χ2n) is 2.98. The van der Waals surface area contributed by atoms with Gasteiger partial charge in [0, 0.05) is 6.54 Å². The Hall–Kier alpha value is -0.570. The van der Waals surface area contributed by atoms with E-state index < -0.39 is 0 Å². The van der Waals surface area contributed by atoms with Crippen molar-refractivity contribution >= 4 is 5.97 Å². The highest BCUT2D eigenvalue weighted by Crippen LogP contribution is 2.01. The average molecular weight is 173 g/mol. The van der Waals surface area contributed by atoms with Gasteiger partial charge in [-0.05, 0) is 12.8 Å². The molecule has 1 unspecified atom stereocenters. The summed E-state index contributed by atoms with van der Waals surface area (Å²) in [4.78, 5) is 15.9. The lowest BCUT2D eigenvalue weighted by molar-refractivity contribution is -0.155. The van der Waals surface area contributed by atoms with Crippen LogP contribution in [0.15, 0.2) is 0 Å². The number of carbonyl (C=O) groups is 1. The summed E-state index contributed by atoms with van der Waals surface area (Å²) in [6, 6.07) is 0. The number of rotatable bonds is 6. The summed E-state index contributed by atoms with van der Waals surface area (Å²) in [5, 5.41) is 0. The monoisotopic (exact) mass is 173 g/mol. The fourth-order valence-corrected chi connectivity index (χ4v) is 0.638. The summed E-state index contributed by atoms with van der Waals surface area (Å²) in [5.41, 5.74) is 2.65. The summed E-state index contributed by atoms with van der Waals surface area (Å²) < 4.78 is 0. The Morgan fingerprint density at radius 2 is 2.17 bits per heavy atom. The van der Waals surface area contributed by atoms with Gasteiger partial charge < -0.3 is 4.84 Å². The molecule has 0 aromatic carbocycles. The van der Waals surface area contributed by atoms with Crippen LogP contribution in [0.4, 0.5) is 0 Å². The van der Waals surface area contributed by atoms with E-state index in [0.717, 1.165) is 25.8 Å². The maximum absolute atomic E-state index is 11.1. The van der Waals surface area contributed by atoms with Crippen LogP contribution in [-0.4, -0.2) is 12.5 Å². The van der Waals surface area contributed by atoms with Crippen LogP contribution in [0, 0.1) is 5.92 Å². The van der Waals surface area contributed by atoms with Crippen LogP contribution in [0.3, 0.4) is 0 Å². The zero-order valence-electron chi connectivity index (χ0n) is 8.22. The zero-order chi connectivity index (χ0) is 9.40. The Kier molecular flexibility index (Phi) is 6.76. The number of hydroxylamine groups is 1. The number of carbonyl (C=O) groups excluding carboxylic acids is 1. The van der Waals surface area contributed by atoms with Crippen LogP contribution in [0.25, 0.3) is 0 Å². The lowest BCUT2D eigenvalue weighted by Gasteiger charge is -2.08. The smallest absolute Gasteiger partial charge is 0.327 e. The first-order valence-electron chi connectivity index (χ1n) is 4.65. The Labute approximate surface area is 74.4 Å². The molecule has 3 heteroatoms. The molecule has 1 atom stereocenters. The minimum Gasteiger partial charge on any atom is -0.370 e. The second-order valence-corrected chi connectivity index (χ2v) is 2.98. The summed E-state index contributed by atoms with van der Waals surface area (Å²) >= 11 is 0. The lowest BCUT2D eigenvalue weighted by Crippen LogP contribution is -2.24. The van der Waals surface area contributed by atoms with E-state index in [-0.39, 0.29) is 11.9 Å². The van der Waals surface area contributed by atoms with E-state index in [4.69, 9.17) is 4.84 Å². The molecule has 0 aromatic heterocycles. The van der Waals surface area contributed by atoms with Gasteiger partial charge in [-0.3, -0.25) is 4.79 Å². The van der Waals surface area contributed by atoms with Gasteiger partial charge in [0.05, 0.1) is 5.92 Å². The van der Waals surface area contributed by atoms with Crippen LogP contribution < -0.4 is 5.48 Å². The van der Waals surface area contributed by atoms with E-state index in [1.54, 1.807) is 0 Å². The predicted octanol–water partition coefficient (Wildman–Crippen LogP) is 1.88. The summed E-state index contributed by atoms with van der Waals surface area (Å²) in [6.45, 7) is 6.68. The molecule has 0 aliphatic rings. The summed E-state index contributed by atoms with van der Waals surface area (Å²) in [7, 11) is 0. The largest absolute Gasteiger partial charge is 0.370 e. The van der Waals surface area contributed by atoms with Gasteiger partial charge in [0.1, 0.15) is 0 Å². The number of hydrogen-bond acceptors (Lipinski definition) is 3. The van der Waals surface area contributed by atoms with Crippen molar-refractivity contribution in [3.63, 3.8) is 0 Å². The van der Waals surface area contributed by atoms with E-state index in [2.05, 4.69) is 12.4 Å². The van der Waals surface area contributed by atoms with Gasteiger partial charge in [-0.25, -0.2) is 0 Å². The van der Waals surface area contributed by atoms with Crippen molar-refractivity contribution in [3.05, 3.63) is 0 Å². The third-order valence-electron chi connectivity index (χ3n) is 1.82. The normalized spacial score (nSPS) is 12.6. The molecule has 3 nitrogen and oxygen atoms in total. The Bertz CT molecular complexity index is 126. The van der Waals surface area contributed by atoms with E-state index in [0.29, 0.717) is 0 Å². The maximum Gasteiger partial charge on any atom is 0.327 e. The van der Waals surface area contributed by atoms with Gasteiger partial charge >= 0.3 is 5.97 Å². The van der Waals surface area contributed by atoms with Crippen molar-refractivity contribution in [2.75, 3.05) is 6.54 Å². The molecular formula is C9H19NO2. The number of nitrogens with one attached hydrogen (secondary N) is 1. The highest BCUT2D eigenvalue weighted by molar-refractivity contribution is 5.71. The first-order valence-corrected chi connectivity index (χ1v) is 4.65. The molecule has 0 aliphatic heterocycles. The Morgan fingerprint density at radius 3 is 2.67 bits per heavy atom. The van der Waals surface area contributed by atoms with Crippen molar-refractivity contribution in [3.8, 4) is 0 Å². The number of hydrogen-bond donors (Lipinski definition) is 1. The summed E-state index contributed by atoms with van der Waals surface area (Å²) in [5.74, 6) is -0.160. The van der Waals surface area contributed by atoms with Crippen molar-refractivity contribution in [1.29, 1.82) is 0 Å². The van der Waals surface area contributed by atoms with Crippen molar-refractivity contribution < 1.29 is 9.63 Å². The van der Waals surface area contributed by atoms with Crippen LogP contribution >= 0.6 is 0 Å². The Morgan fingerprint density at radius 1 is 1.50 bits per heavy atom. The molecule has 0 bridgehead atoms. The van der Waals surface area contributed by atoms with Crippen LogP contribution in [-0.2, 0) is 9.63 Å². The van der Waals surface area contributed by atoms with Crippen molar-refractivity contribution in [1.82, 2.24) is 5.48 Å². The van der Waals surface area contributed by atoms with Crippen LogP contribution in [0.1, 0.15) is 40.0 Å². The maximum atomic E-state index is 11.1. The SMILES string of the molecule is CCCCNOC(=O)C(C)CC. The van der Waals surface area contributed by atoms with E-state index in [1.165, 1.54) is 0 Å². The van der Waals surface area contributed by atoms with E-state index in [9.17, 15) is 4.79 Å². The quantitative estimate of drug-likeness (QED) is 0.492. The first kappa shape index (κ1) is 11.4. The molecule has 1 N–H and O–H groups in total. The Balaban J connectivity index is 3.31. The third-order valence-corrected chi connectivity index (χ3v) is 1.82. The lowest BCUT2D eigenvalue weighted by atomic mass is 10.1. The molecule has 0 rings (SSSR count). The van der Waals surface area contributed by atoms with E-state index >= 15 is 0 Å². The average Bonchev–Trinajstić information content (AvgIpc) is 2.10. The van der Waals surface area contributed by atoms with Gasteiger partial charge in [0.15, 0.2) is 0 Å². The van der Waals surface area contributed by atoms with E-state index in [1.807, 2.05) is 13.8 Å². The number of unbranched alkanes of at least 4 members (excludes halogenated alkanes) is 1. The summed E-state index contributed by atoms with van der Waals surface area (Å²) in [6.07, 6.45) is 2.97.